The summed E-state index contributed by atoms with van der Waals surface area (Å²) in [5, 5.41) is 3.00. The molecule has 4 nitrogen and oxygen atoms in total. The van der Waals surface area contributed by atoms with E-state index in [4.69, 9.17) is 5.73 Å². The summed E-state index contributed by atoms with van der Waals surface area (Å²) in [4.78, 5) is 13.7. The van der Waals surface area contributed by atoms with Crippen molar-refractivity contribution in [3.05, 3.63) is 0 Å². The van der Waals surface area contributed by atoms with Gasteiger partial charge in [-0.15, -0.1) is 12.4 Å². The molecule has 2 aliphatic rings. The molecular formula is C11H22ClN3O. The van der Waals surface area contributed by atoms with Crippen LogP contribution in [-0.2, 0) is 4.79 Å². The first-order valence-electron chi connectivity index (χ1n) is 5.90. The van der Waals surface area contributed by atoms with E-state index in [1.54, 1.807) is 0 Å². The molecule has 0 spiro atoms. The Balaban J connectivity index is 0.00000128. The van der Waals surface area contributed by atoms with Crippen molar-refractivity contribution in [1.82, 2.24) is 10.2 Å². The van der Waals surface area contributed by atoms with E-state index in [2.05, 4.69) is 10.2 Å². The van der Waals surface area contributed by atoms with E-state index in [0.717, 1.165) is 18.8 Å². The van der Waals surface area contributed by atoms with Gasteiger partial charge in [0, 0.05) is 18.6 Å². The number of amides is 1. The van der Waals surface area contributed by atoms with Gasteiger partial charge in [-0.05, 0) is 38.6 Å². The summed E-state index contributed by atoms with van der Waals surface area (Å²) in [6, 6.07) is 0.859. The van der Waals surface area contributed by atoms with Crippen LogP contribution in [0.2, 0.25) is 0 Å². The molecule has 5 heteroatoms. The van der Waals surface area contributed by atoms with Crippen molar-refractivity contribution in [1.29, 1.82) is 0 Å². The van der Waals surface area contributed by atoms with E-state index in [0.29, 0.717) is 25.2 Å². The SMILES string of the molecule is CN(CC(=O)NC1CC1)C(CN)C1CC1.Cl. The summed E-state index contributed by atoms with van der Waals surface area (Å²) < 4.78 is 0. The molecule has 0 radical (unpaired) electrons. The molecule has 0 saturated heterocycles. The first-order valence-corrected chi connectivity index (χ1v) is 5.90. The van der Waals surface area contributed by atoms with E-state index < -0.39 is 0 Å². The number of nitrogens with one attached hydrogen (secondary N) is 1. The Morgan fingerprint density at radius 2 is 2.06 bits per heavy atom. The van der Waals surface area contributed by atoms with Gasteiger partial charge < -0.3 is 11.1 Å². The van der Waals surface area contributed by atoms with Crippen LogP contribution in [0, 0.1) is 5.92 Å². The lowest BCUT2D eigenvalue weighted by atomic mass is 10.1. The van der Waals surface area contributed by atoms with E-state index in [-0.39, 0.29) is 18.3 Å². The second kappa shape index (κ2) is 5.84. The van der Waals surface area contributed by atoms with Gasteiger partial charge in [-0.1, -0.05) is 0 Å². The molecule has 1 unspecified atom stereocenters. The minimum Gasteiger partial charge on any atom is -0.352 e. The average Bonchev–Trinajstić information content (AvgIpc) is 2.96. The Morgan fingerprint density at radius 3 is 2.50 bits per heavy atom. The number of nitrogens with zero attached hydrogens (tertiary/aromatic N) is 1. The lowest BCUT2D eigenvalue weighted by molar-refractivity contribution is -0.122. The number of carbonyl (C=O) groups is 1. The zero-order valence-corrected chi connectivity index (χ0v) is 10.6. The van der Waals surface area contributed by atoms with Crippen LogP contribution in [0.4, 0.5) is 0 Å². The lowest BCUT2D eigenvalue weighted by Gasteiger charge is -2.26. The molecule has 16 heavy (non-hydrogen) atoms. The van der Waals surface area contributed by atoms with Crippen LogP contribution in [-0.4, -0.2) is 43.0 Å². The van der Waals surface area contributed by atoms with Crippen molar-refractivity contribution < 1.29 is 4.79 Å². The highest BCUT2D eigenvalue weighted by Crippen LogP contribution is 2.34. The Hall–Kier alpha value is -0.320. The van der Waals surface area contributed by atoms with Gasteiger partial charge >= 0.3 is 0 Å². The highest BCUT2D eigenvalue weighted by molar-refractivity contribution is 5.85. The minimum absolute atomic E-state index is 0. The second-order valence-electron chi connectivity index (χ2n) is 4.90. The quantitative estimate of drug-likeness (QED) is 0.713. The largest absolute Gasteiger partial charge is 0.352 e. The Bertz CT molecular complexity index is 241. The molecule has 94 valence electrons. The molecule has 1 atom stereocenters. The van der Waals surface area contributed by atoms with Crippen molar-refractivity contribution in [2.75, 3.05) is 20.1 Å². The number of likely N-dealkylation sites (N-methyl/N-ethyl adjacent to an activating group) is 1. The van der Waals surface area contributed by atoms with Crippen LogP contribution < -0.4 is 11.1 Å². The summed E-state index contributed by atoms with van der Waals surface area (Å²) >= 11 is 0. The predicted molar refractivity (Wildman–Crippen MR) is 66.6 cm³/mol. The minimum atomic E-state index is 0. The van der Waals surface area contributed by atoms with Crippen LogP contribution in [0.1, 0.15) is 25.7 Å². The van der Waals surface area contributed by atoms with Crippen molar-refractivity contribution in [2.24, 2.45) is 11.7 Å². The number of nitrogens with two attached hydrogens (primary N) is 1. The standard InChI is InChI=1S/C11H21N3O.ClH/c1-14(10(6-12)8-2-3-8)7-11(15)13-9-4-5-9;/h8-10H,2-7,12H2,1H3,(H,13,15);1H. The molecule has 2 saturated carbocycles. The van der Waals surface area contributed by atoms with Gasteiger partial charge in [0.05, 0.1) is 6.54 Å². The number of hydrogen-bond acceptors (Lipinski definition) is 3. The van der Waals surface area contributed by atoms with Crippen LogP contribution in [0.3, 0.4) is 0 Å². The summed E-state index contributed by atoms with van der Waals surface area (Å²) in [5.41, 5.74) is 5.73. The highest BCUT2D eigenvalue weighted by Gasteiger charge is 2.33. The topological polar surface area (TPSA) is 58.4 Å². The first kappa shape index (κ1) is 13.7. The molecule has 0 bridgehead atoms. The van der Waals surface area contributed by atoms with Crippen LogP contribution in [0.15, 0.2) is 0 Å². The Labute approximate surface area is 103 Å². The summed E-state index contributed by atoms with van der Waals surface area (Å²) in [6.07, 6.45) is 4.85. The Morgan fingerprint density at radius 1 is 1.44 bits per heavy atom. The highest BCUT2D eigenvalue weighted by atomic mass is 35.5. The number of carbonyl (C=O) groups excluding carboxylic acids is 1. The number of rotatable bonds is 6. The summed E-state index contributed by atoms with van der Waals surface area (Å²) in [5.74, 6) is 0.882. The molecule has 0 heterocycles. The predicted octanol–water partition coefficient (Wildman–Crippen LogP) is 0.356. The van der Waals surface area contributed by atoms with E-state index in [9.17, 15) is 4.79 Å². The fourth-order valence-electron chi connectivity index (χ4n) is 2.06. The number of hydrogen-bond donors (Lipinski definition) is 2. The van der Waals surface area contributed by atoms with E-state index in [1.165, 1.54) is 12.8 Å². The van der Waals surface area contributed by atoms with Gasteiger partial charge in [-0.3, -0.25) is 9.69 Å². The third-order valence-electron chi connectivity index (χ3n) is 3.31. The third-order valence-corrected chi connectivity index (χ3v) is 3.31. The van der Waals surface area contributed by atoms with Crippen molar-refractivity contribution in [3.63, 3.8) is 0 Å². The third kappa shape index (κ3) is 3.92. The molecule has 0 aromatic heterocycles. The smallest absolute Gasteiger partial charge is 0.234 e. The zero-order chi connectivity index (χ0) is 10.8. The maximum absolute atomic E-state index is 11.6. The van der Waals surface area contributed by atoms with Gasteiger partial charge in [0.1, 0.15) is 0 Å². The number of halogens is 1. The van der Waals surface area contributed by atoms with Crippen molar-refractivity contribution in [3.8, 4) is 0 Å². The second-order valence-corrected chi connectivity index (χ2v) is 4.90. The maximum atomic E-state index is 11.6. The van der Waals surface area contributed by atoms with E-state index in [1.807, 2.05) is 7.05 Å². The van der Waals surface area contributed by atoms with E-state index >= 15 is 0 Å². The van der Waals surface area contributed by atoms with Gasteiger partial charge in [-0.25, -0.2) is 0 Å². The Kier molecular flexibility index (Phi) is 5.02. The average molecular weight is 248 g/mol. The molecular weight excluding hydrogens is 226 g/mol. The molecule has 2 fully saturated rings. The summed E-state index contributed by atoms with van der Waals surface area (Å²) in [6.45, 7) is 1.16. The monoisotopic (exact) mass is 247 g/mol. The van der Waals surface area contributed by atoms with Gasteiger partial charge in [0.15, 0.2) is 0 Å². The molecule has 2 rings (SSSR count). The molecule has 0 aromatic rings. The fourth-order valence-corrected chi connectivity index (χ4v) is 2.06. The molecule has 0 aromatic carbocycles. The first-order chi connectivity index (χ1) is 7.20. The zero-order valence-electron chi connectivity index (χ0n) is 9.82. The van der Waals surface area contributed by atoms with Crippen LogP contribution >= 0.6 is 12.4 Å². The van der Waals surface area contributed by atoms with Crippen molar-refractivity contribution in [2.45, 2.75) is 37.8 Å². The fraction of sp³-hybridized carbons (Fsp3) is 0.909. The molecule has 3 N–H and O–H groups in total. The van der Waals surface area contributed by atoms with Gasteiger partial charge in [0.25, 0.3) is 0 Å². The normalized spacial score (nSPS) is 21.4. The van der Waals surface area contributed by atoms with Gasteiger partial charge in [-0.2, -0.15) is 0 Å². The van der Waals surface area contributed by atoms with Crippen LogP contribution in [0.25, 0.3) is 0 Å². The lowest BCUT2D eigenvalue weighted by Crippen LogP contribution is -2.45. The van der Waals surface area contributed by atoms with Crippen LogP contribution in [0.5, 0.6) is 0 Å². The molecule has 1 amide bonds. The van der Waals surface area contributed by atoms with Gasteiger partial charge in [0.2, 0.25) is 5.91 Å². The molecule has 0 aliphatic heterocycles. The molecule has 2 aliphatic carbocycles. The van der Waals surface area contributed by atoms with Crippen molar-refractivity contribution >= 4 is 18.3 Å². The maximum Gasteiger partial charge on any atom is 0.234 e. The summed E-state index contributed by atoms with van der Waals surface area (Å²) in [7, 11) is 2.00.